The van der Waals surface area contributed by atoms with Crippen molar-refractivity contribution < 1.29 is 24.2 Å². The van der Waals surface area contributed by atoms with E-state index in [4.69, 9.17) is 9.47 Å². The Hall–Kier alpha value is -1.73. The van der Waals surface area contributed by atoms with E-state index in [1.54, 1.807) is 23.6 Å². The molecule has 150 valence electrons. The Kier molecular flexibility index (Phi) is 9.48. The van der Waals surface area contributed by atoms with Crippen LogP contribution in [0.3, 0.4) is 0 Å². The van der Waals surface area contributed by atoms with E-state index < -0.39 is 12.1 Å². The number of benzene rings is 1. The summed E-state index contributed by atoms with van der Waals surface area (Å²) in [4.78, 5) is 25.3. The number of hydrogen-bond donors (Lipinski definition) is 1. The molecule has 1 aromatic rings. The Bertz CT molecular complexity index is 575. The van der Waals surface area contributed by atoms with E-state index in [0.29, 0.717) is 31.4 Å². The van der Waals surface area contributed by atoms with Gasteiger partial charge >= 0.3 is 12.1 Å². The third kappa shape index (κ3) is 7.81. The van der Waals surface area contributed by atoms with E-state index in [0.717, 1.165) is 30.6 Å². The number of carbonyl (C=O) groups excluding carboxylic acids is 2. The van der Waals surface area contributed by atoms with Gasteiger partial charge in [-0.3, -0.25) is 0 Å². The minimum atomic E-state index is -1.05. The van der Waals surface area contributed by atoms with E-state index in [2.05, 4.69) is 0 Å². The summed E-state index contributed by atoms with van der Waals surface area (Å²) in [5, 5.41) is 9.66. The number of aliphatic hydroxyl groups excluding tert-OH is 1. The number of piperidine rings is 1. The summed E-state index contributed by atoms with van der Waals surface area (Å²) in [5.74, 6) is 1.27. The molecule has 1 heterocycles. The number of aliphatic hydroxyl groups is 1. The summed E-state index contributed by atoms with van der Waals surface area (Å²) >= 11 is 1.57. The van der Waals surface area contributed by atoms with Gasteiger partial charge in [0.05, 0.1) is 6.61 Å². The molecule has 2 rings (SSSR count). The number of hydrogen-bond acceptors (Lipinski definition) is 6. The maximum Gasteiger partial charge on any atom is 0.410 e. The summed E-state index contributed by atoms with van der Waals surface area (Å²) in [7, 11) is 0. The molecule has 1 aliphatic heterocycles. The molecule has 1 unspecified atom stereocenters. The second-order valence-electron chi connectivity index (χ2n) is 6.60. The Balaban J connectivity index is 1.57. The molecule has 6 nitrogen and oxygen atoms in total. The van der Waals surface area contributed by atoms with Crippen molar-refractivity contribution in [2.24, 2.45) is 5.92 Å². The van der Waals surface area contributed by atoms with E-state index in [1.165, 1.54) is 0 Å². The highest BCUT2D eigenvalue weighted by Crippen LogP contribution is 2.23. The van der Waals surface area contributed by atoms with Gasteiger partial charge in [0, 0.05) is 18.8 Å². The minimum Gasteiger partial charge on any atom is -0.464 e. The van der Waals surface area contributed by atoms with Crippen LogP contribution in [0.4, 0.5) is 4.79 Å². The summed E-state index contributed by atoms with van der Waals surface area (Å²) < 4.78 is 10.2. The molecule has 1 atom stereocenters. The highest BCUT2D eigenvalue weighted by molar-refractivity contribution is 7.99. The first-order chi connectivity index (χ1) is 13.1. The molecular weight excluding hydrogens is 366 g/mol. The van der Waals surface area contributed by atoms with Crippen molar-refractivity contribution >= 4 is 23.8 Å². The molecule has 0 radical (unpaired) electrons. The fourth-order valence-electron chi connectivity index (χ4n) is 2.97. The zero-order valence-corrected chi connectivity index (χ0v) is 16.7. The zero-order valence-electron chi connectivity index (χ0n) is 15.8. The molecule has 0 saturated carbocycles. The Labute approximate surface area is 165 Å². The SMILES string of the molecule is CCOC(=O)C(O)CSCCC1CCN(C(=O)OCc2ccccc2)CC1. The van der Waals surface area contributed by atoms with Crippen molar-refractivity contribution in [2.45, 2.75) is 38.9 Å². The quantitative estimate of drug-likeness (QED) is 0.512. The fourth-order valence-corrected chi connectivity index (χ4v) is 3.99. The molecule has 1 aliphatic rings. The number of rotatable bonds is 9. The third-order valence-corrected chi connectivity index (χ3v) is 5.66. The van der Waals surface area contributed by atoms with Crippen molar-refractivity contribution in [2.75, 3.05) is 31.2 Å². The second kappa shape index (κ2) is 11.9. The number of ether oxygens (including phenoxy) is 2. The van der Waals surface area contributed by atoms with Crippen LogP contribution in [0.25, 0.3) is 0 Å². The van der Waals surface area contributed by atoms with Crippen LogP contribution in [0.15, 0.2) is 30.3 Å². The Morgan fingerprint density at radius 2 is 1.93 bits per heavy atom. The summed E-state index contributed by atoms with van der Waals surface area (Å²) in [5.41, 5.74) is 0.989. The number of nitrogens with zero attached hydrogens (tertiary/aromatic N) is 1. The lowest BCUT2D eigenvalue weighted by molar-refractivity contribution is -0.151. The number of likely N-dealkylation sites (tertiary alicyclic amines) is 1. The van der Waals surface area contributed by atoms with Gasteiger partial charge in [-0.05, 0) is 43.4 Å². The smallest absolute Gasteiger partial charge is 0.410 e. The average molecular weight is 396 g/mol. The molecule has 0 aliphatic carbocycles. The minimum absolute atomic E-state index is 0.246. The summed E-state index contributed by atoms with van der Waals surface area (Å²) in [6.07, 6.45) is 1.65. The molecule has 1 fully saturated rings. The number of amides is 1. The van der Waals surface area contributed by atoms with Crippen LogP contribution in [0, 0.1) is 5.92 Å². The maximum atomic E-state index is 12.2. The topological polar surface area (TPSA) is 76.1 Å². The zero-order chi connectivity index (χ0) is 19.5. The lowest BCUT2D eigenvalue weighted by atomic mass is 9.95. The van der Waals surface area contributed by atoms with Crippen LogP contribution < -0.4 is 0 Å². The molecule has 1 aromatic carbocycles. The standard InChI is InChI=1S/C20H29NO5S/c1-2-25-19(23)18(22)15-27-13-10-16-8-11-21(12-9-16)20(24)26-14-17-6-4-3-5-7-17/h3-7,16,18,22H,2,8-15H2,1H3. The summed E-state index contributed by atoms with van der Waals surface area (Å²) in [6.45, 7) is 3.75. The van der Waals surface area contributed by atoms with Gasteiger partial charge in [-0.15, -0.1) is 0 Å². The van der Waals surface area contributed by atoms with Crippen molar-refractivity contribution in [3.63, 3.8) is 0 Å². The van der Waals surface area contributed by atoms with Crippen molar-refractivity contribution in [1.29, 1.82) is 0 Å². The maximum absolute atomic E-state index is 12.2. The van der Waals surface area contributed by atoms with E-state index in [1.807, 2.05) is 30.3 Å². The summed E-state index contributed by atoms with van der Waals surface area (Å²) in [6, 6.07) is 9.68. The molecule has 7 heteroatoms. The van der Waals surface area contributed by atoms with Crippen LogP contribution in [-0.2, 0) is 20.9 Å². The van der Waals surface area contributed by atoms with Gasteiger partial charge in [0.1, 0.15) is 6.61 Å². The van der Waals surface area contributed by atoms with Crippen LogP contribution in [-0.4, -0.2) is 59.4 Å². The third-order valence-electron chi connectivity index (χ3n) is 4.58. The van der Waals surface area contributed by atoms with Gasteiger partial charge < -0.3 is 19.5 Å². The van der Waals surface area contributed by atoms with Crippen LogP contribution >= 0.6 is 11.8 Å². The first kappa shape index (κ1) is 21.6. The van der Waals surface area contributed by atoms with Crippen LogP contribution in [0.2, 0.25) is 0 Å². The van der Waals surface area contributed by atoms with E-state index in [9.17, 15) is 14.7 Å². The van der Waals surface area contributed by atoms with Crippen molar-refractivity contribution in [3.8, 4) is 0 Å². The van der Waals surface area contributed by atoms with Crippen molar-refractivity contribution in [3.05, 3.63) is 35.9 Å². The van der Waals surface area contributed by atoms with E-state index in [-0.39, 0.29) is 12.7 Å². The van der Waals surface area contributed by atoms with Crippen LogP contribution in [0.5, 0.6) is 0 Å². The molecule has 1 N–H and O–H groups in total. The molecule has 27 heavy (non-hydrogen) atoms. The Morgan fingerprint density at radius 1 is 1.22 bits per heavy atom. The number of carbonyl (C=O) groups is 2. The van der Waals surface area contributed by atoms with Gasteiger partial charge in [0.2, 0.25) is 0 Å². The number of esters is 1. The lowest BCUT2D eigenvalue weighted by Crippen LogP contribution is -2.38. The molecule has 0 spiro atoms. The molecule has 1 amide bonds. The lowest BCUT2D eigenvalue weighted by Gasteiger charge is -2.31. The predicted molar refractivity (Wildman–Crippen MR) is 106 cm³/mol. The van der Waals surface area contributed by atoms with E-state index >= 15 is 0 Å². The van der Waals surface area contributed by atoms with Crippen LogP contribution in [0.1, 0.15) is 31.7 Å². The highest BCUT2D eigenvalue weighted by Gasteiger charge is 2.24. The van der Waals surface area contributed by atoms with Gasteiger partial charge in [-0.25, -0.2) is 9.59 Å². The first-order valence-corrected chi connectivity index (χ1v) is 10.6. The van der Waals surface area contributed by atoms with Gasteiger partial charge in [-0.2, -0.15) is 11.8 Å². The monoisotopic (exact) mass is 395 g/mol. The Morgan fingerprint density at radius 3 is 2.59 bits per heavy atom. The first-order valence-electron chi connectivity index (χ1n) is 9.48. The largest absolute Gasteiger partial charge is 0.464 e. The molecule has 1 saturated heterocycles. The normalized spacial score (nSPS) is 16.0. The van der Waals surface area contributed by atoms with Gasteiger partial charge in [0.25, 0.3) is 0 Å². The highest BCUT2D eigenvalue weighted by atomic mass is 32.2. The second-order valence-corrected chi connectivity index (χ2v) is 7.75. The van der Waals surface area contributed by atoms with Gasteiger partial charge in [0.15, 0.2) is 6.10 Å². The number of thioether (sulfide) groups is 1. The average Bonchev–Trinajstić information content (AvgIpc) is 2.70. The molecule has 0 bridgehead atoms. The van der Waals surface area contributed by atoms with Gasteiger partial charge in [-0.1, -0.05) is 30.3 Å². The molecule has 0 aromatic heterocycles. The van der Waals surface area contributed by atoms with Crippen molar-refractivity contribution in [1.82, 2.24) is 4.90 Å². The predicted octanol–water partition coefficient (Wildman–Crippen LogP) is 3.08. The fraction of sp³-hybridized carbons (Fsp3) is 0.600. The molecular formula is C20H29NO5S.